The summed E-state index contributed by atoms with van der Waals surface area (Å²) >= 11 is 0. The molecule has 0 radical (unpaired) electrons. The number of anilines is 1. The summed E-state index contributed by atoms with van der Waals surface area (Å²) in [6.07, 6.45) is 5.22. The van der Waals surface area contributed by atoms with E-state index in [2.05, 4.69) is 22.4 Å². The zero-order valence-corrected chi connectivity index (χ0v) is 12.2. The van der Waals surface area contributed by atoms with Gasteiger partial charge in [-0.3, -0.25) is 0 Å². The minimum atomic E-state index is 0.437. The minimum Gasteiger partial charge on any atom is -0.490 e. The van der Waals surface area contributed by atoms with Crippen molar-refractivity contribution in [1.82, 2.24) is 9.97 Å². The number of hydrogen-bond acceptors (Lipinski definition) is 4. The summed E-state index contributed by atoms with van der Waals surface area (Å²) in [5.74, 6) is 3.36. The van der Waals surface area contributed by atoms with Gasteiger partial charge in [-0.1, -0.05) is 0 Å². The molecule has 0 saturated heterocycles. The molecule has 4 heteroatoms. The first-order valence-electron chi connectivity index (χ1n) is 7.65. The van der Waals surface area contributed by atoms with Crippen LogP contribution in [0.1, 0.15) is 37.4 Å². The number of nitrogens with one attached hydrogen (secondary N) is 1. The largest absolute Gasteiger partial charge is 0.490 e. The monoisotopic (exact) mass is 281 g/mol. The number of ether oxygens (including phenoxy) is 1. The fourth-order valence-electron chi connectivity index (χ4n) is 2.35. The molecule has 0 amide bonds. The average molecular weight is 281 g/mol. The standard InChI is InChI=1S/C17H19N3O/c1-18-16-10-15(19-17(20-16)12-2-3-12)11-4-6-13(7-5-11)21-14-8-9-14/h4-7,10,12,14H,2-3,8-9H2,1H3,(H,18,19,20). The maximum absolute atomic E-state index is 5.79. The van der Waals surface area contributed by atoms with E-state index < -0.39 is 0 Å². The van der Waals surface area contributed by atoms with E-state index >= 15 is 0 Å². The van der Waals surface area contributed by atoms with Crippen LogP contribution >= 0.6 is 0 Å². The summed E-state index contributed by atoms with van der Waals surface area (Å²) in [4.78, 5) is 9.28. The van der Waals surface area contributed by atoms with E-state index in [0.717, 1.165) is 28.6 Å². The molecule has 1 heterocycles. The molecule has 1 N–H and O–H groups in total. The summed E-state index contributed by atoms with van der Waals surface area (Å²) in [7, 11) is 1.90. The maximum Gasteiger partial charge on any atom is 0.134 e. The molecular weight excluding hydrogens is 262 g/mol. The first-order valence-corrected chi connectivity index (χ1v) is 7.65. The minimum absolute atomic E-state index is 0.437. The third kappa shape index (κ3) is 2.84. The van der Waals surface area contributed by atoms with Crippen LogP contribution in [0.25, 0.3) is 11.3 Å². The smallest absolute Gasteiger partial charge is 0.134 e. The Morgan fingerprint density at radius 2 is 1.81 bits per heavy atom. The van der Waals surface area contributed by atoms with Crippen molar-refractivity contribution in [2.75, 3.05) is 12.4 Å². The second-order valence-corrected chi connectivity index (χ2v) is 5.86. The van der Waals surface area contributed by atoms with Gasteiger partial charge in [-0.15, -0.1) is 0 Å². The summed E-state index contributed by atoms with van der Waals surface area (Å²) < 4.78 is 5.79. The summed E-state index contributed by atoms with van der Waals surface area (Å²) in [5, 5.41) is 3.13. The van der Waals surface area contributed by atoms with Gasteiger partial charge >= 0.3 is 0 Å². The number of aromatic nitrogens is 2. The van der Waals surface area contributed by atoms with Gasteiger partial charge in [0.1, 0.15) is 17.4 Å². The lowest BCUT2D eigenvalue weighted by Crippen LogP contribution is -2.01. The fraction of sp³-hybridized carbons (Fsp3) is 0.412. The summed E-state index contributed by atoms with van der Waals surface area (Å²) in [5.41, 5.74) is 2.09. The molecule has 0 bridgehead atoms. The third-order valence-electron chi connectivity index (χ3n) is 3.92. The van der Waals surface area contributed by atoms with Crippen molar-refractivity contribution in [2.24, 2.45) is 0 Å². The molecule has 0 spiro atoms. The maximum atomic E-state index is 5.79. The number of hydrogen-bond donors (Lipinski definition) is 1. The predicted octanol–water partition coefficient (Wildman–Crippen LogP) is 3.60. The first kappa shape index (κ1) is 12.6. The summed E-state index contributed by atoms with van der Waals surface area (Å²) in [6.45, 7) is 0. The number of nitrogens with zero attached hydrogens (tertiary/aromatic N) is 2. The average Bonchev–Trinajstić information content (AvgIpc) is 3.40. The van der Waals surface area contributed by atoms with Gasteiger partial charge in [0, 0.05) is 24.6 Å². The number of rotatable bonds is 5. The van der Waals surface area contributed by atoms with Crippen LogP contribution in [0.5, 0.6) is 5.75 Å². The molecule has 2 aliphatic carbocycles. The van der Waals surface area contributed by atoms with Crippen molar-refractivity contribution in [2.45, 2.75) is 37.7 Å². The molecule has 4 nitrogen and oxygen atoms in total. The first-order chi connectivity index (χ1) is 10.3. The van der Waals surface area contributed by atoms with E-state index in [1.165, 1.54) is 25.7 Å². The van der Waals surface area contributed by atoms with Crippen LogP contribution < -0.4 is 10.1 Å². The van der Waals surface area contributed by atoms with E-state index in [-0.39, 0.29) is 0 Å². The van der Waals surface area contributed by atoms with Crippen molar-refractivity contribution in [3.05, 3.63) is 36.2 Å². The van der Waals surface area contributed by atoms with Crippen LogP contribution in [0.15, 0.2) is 30.3 Å². The molecule has 4 rings (SSSR count). The molecule has 2 aliphatic rings. The molecule has 0 unspecified atom stereocenters. The van der Waals surface area contributed by atoms with E-state index in [9.17, 15) is 0 Å². The Hall–Kier alpha value is -2.10. The van der Waals surface area contributed by atoms with Crippen molar-refractivity contribution < 1.29 is 4.74 Å². The normalized spacial score (nSPS) is 17.6. The Labute approximate surface area is 124 Å². The fourth-order valence-corrected chi connectivity index (χ4v) is 2.35. The molecule has 1 aromatic heterocycles. The van der Waals surface area contributed by atoms with Gasteiger partial charge < -0.3 is 10.1 Å². The van der Waals surface area contributed by atoms with Gasteiger partial charge in [0.15, 0.2) is 0 Å². The molecule has 2 aromatic rings. The summed E-state index contributed by atoms with van der Waals surface area (Å²) in [6, 6.07) is 10.2. The Morgan fingerprint density at radius 3 is 2.43 bits per heavy atom. The van der Waals surface area contributed by atoms with E-state index in [1.807, 2.05) is 25.2 Å². The Bertz CT molecular complexity index is 646. The molecule has 21 heavy (non-hydrogen) atoms. The van der Waals surface area contributed by atoms with Crippen LogP contribution in [-0.2, 0) is 0 Å². The lowest BCUT2D eigenvalue weighted by molar-refractivity contribution is 0.303. The molecule has 2 fully saturated rings. The van der Waals surface area contributed by atoms with Gasteiger partial charge in [-0.05, 0) is 49.9 Å². The zero-order chi connectivity index (χ0) is 14.2. The van der Waals surface area contributed by atoms with Gasteiger partial charge in [-0.2, -0.15) is 0 Å². The molecule has 0 atom stereocenters. The van der Waals surface area contributed by atoms with Crippen molar-refractivity contribution in [3.63, 3.8) is 0 Å². The molecular formula is C17H19N3O. The third-order valence-corrected chi connectivity index (χ3v) is 3.92. The lowest BCUT2D eigenvalue weighted by atomic mass is 10.1. The molecule has 1 aromatic carbocycles. The highest BCUT2D eigenvalue weighted by atomic mass is 16.5. The topological polar surface area (TPSA) is 47.0 Å². The quantitative estimate of drug-likeness (QED) is 0.909. The Balaban J connectivity index is 1.62. The van der Waals surface area contributed by atoms with E-state index in [4.69, 9.17) is 9.72 Å². The molecule has 0 aliphatic heterocycles. The highest BCUT2D eigenvalue weighted by Gasteiger charge is 2.27. The van der Waals surface area contributed by atoms with Crippen LogP contribution in [-0.4, -0.2) is 23.1 Å². The van der Waals surface area contributed by atoms with Crippen LogP contribution in [0, 0.1) is 0 Å². The Kier molecular flexibility index (Phi) is 3.02. The van der Waals surface area contributed by atoms with E-state index in [0.29, 0.717) is 12.0 Å². The van der Waals surface area contributed by atoms with Gasteiger partial charge in [-0.25, -0.2) is 9.97 Å². The van der Waals surface area contributed by atoms with Crippen LogP contribution in [0.3, 0.4) is 0 Å². The van der Waals surface area contributed by atoms with Gasteiger partial charge in [0.05, 0.1) is 11.8 Å². The van der Waals surface area contributed by atoms with Crippen LogP contribution in [0.2, 0.25) is 0 Å². The SMILES string of the molecule is CNc1cc(-c2ccc(OC3CC3)cc2)nc(C2CC2)n1. The molecule has 2 saturated carbocycles. The van der Waals surface area contributed by atoms with Crippen molar-refractivity contribution in [3.8, 4) is 17.0 Å². The van der Waals surface area contributed by atoms with Crippen molar-refractivity contribution in [1.29, 1.82) is 0 Å². The molecule has 108 valence electrons. The second kappa shape index (κ2) is 5.02. The Morgan fingerprint density at radius 1 is 1.05 bits per heavy atom. The number of benzene rings is 1. The lowest BCUT2D eigenvalue weighted by Gasteiger charge is -2.09. The van der Waals surface area contributed by atoms with Crippen LogP contribution in [0.4, 0.5) is 5.82 Å². The predicted molar refractivity (Wildman–Crippen MR) is 82.6 cm³/mol. The zero-order valence-electron chi connectivity index (χ0n) is 12.2. The second-order valence-electron chi connectivity index (χ2n) is 5.86. The van der Waals surface area contributed by atoms with Crippen molar-refractivity contribution >= 4 is 5.82 Å². The van der Waals surface area contributed by atoms with Gasteiger partial charge in [0.25, 0.3) is 0 Å². The van der Waals surface area contributed by atoms with Gasteiger partial charge in [0.2, 0.25) is 0 Å². The highest BCUT2D eigenvalue weighted by Crippen LogP contribution is 2.39. The van der Waals surface area contributed by atoms with E-state index in [1.54, 1.807) is 0 Å². The highest BCUT2D eigenvalue weighted by molar-refractivity contribution is 5.63.